The first-order valence-electron chi connectivity index (χ1n) is 15.0. The van der Waals surface area contributed by atoms with Crippen molar-refractivity contribution in [3.63, 3.8) is 0 Å². The molecule has 2 N–H and O–H groups in total. The number of nitrogens with zero attached hydrogens (tertiary/aromatic N) is 1. The lowest BCUT2D eigenvalue weighted by Crippen LogP contribution is -2.45. The molecule has 2 aromatic carbocycles. The van der Waals surface area contributed by atoms with Gasteiger partial charge in [-0.25, -0.2) is 0 Å². The van der Waals surface area contributed by atoms with Crippen LogP contribution in [0.3, 0.4) is 0 Å². The minimum atomic E-state index is -3.31. The molecule has 2 aliphatic rings. The lowest BCUT2D eigenvalue weighted by Gasteiger charge is -2.31. The second-order valence-corrected chi connectivity index (χ2v) is 16.3. The van der Waals surface area contributed by atoms with E-state index in [9.17, 15) is 14.7 Å². The van der Waals surface area contributed by atoms with Crippen LogP contribution in [0.15, 0.2) is 65.8 Å². The van der Waals surface area contributed by atoms with Crippen molar-refractivity contribution in [3.8, 4) is 5.75 Å². The highest BCUT2D eigenvalue weighted by Gasteiger charge is 2.66. The van der Waals surface area contributed by atoms with Gasteiger partial charge in [-0.2, -0.15) is 0 Å². The summed E-state index contributed by atoms with van der Waals surface area (Å²) in [4.78, 5) is 29.3. The maximum absolute atomic E-state index is 15.8. The lowest BCUT2D eigenvalue weighted by molar-refractivity contribution is -0.146. The van der Waals surface area contributed by atoms with Crippen molar-refractivity contribution < 1.29 is 28.3 Å². The minimum absolute atomic E-state index is 0.162. The number of anilines is 2. The number of rotatable bonds is 11. The number of methoxy groups -OCH3 is 1. The molecule has 9 heteroatoms. The van der Waals surface area contributed by atoms with E-state index >= 15 is 4.11 Å². The van der Waals surface area contributed by atoms with Gasteiger partial charge in [0, 0.05) is 41.4 Å². The third kappa shape index (κ3) is 6.64. The molecule has 0 aliphatic carbocycles. The van der Waals surface area contributed by atoms with E-state index in [2.05, 4.69) is 38.2 Å². The Morgan fingerprint density at radius 3 is 2.47 bits per heavy atom. The standard InChI is InChI=1S/C34H45FN2O5Si/c1-22(2)9-8-10-23(3)17-19-37-29-16-13-26(36-32(39)25-11-14-27(41-5)15-12-25)21-28(29)34(33(37)40)24(4)31(43(6,7)35)30(42-34)18-20-38/h9,11-17,21,24,30-31,38H,8,10,18-20H2,1-7H3,(H,36,39)/b23-17+/t24-,30+,31-,34+/m0/s1. The Morgan fingerprint density at radius 1 is 1.16 bits per heavy atom. The number of aliphatic hydroxyl groups is 1. The fourth-order valence-electron chi connectivity index (χ4n) is 6.59. The number of benzene rings is 2. The number of aliphatic hydroxyl groups excluding tert-OH is 1. The van der Waals surface area contributed by atoms with E-state index in [1.165, 1.54) is 11.1 Å². The summed E-state index contributed by atoms with van der Waals surface area (Å²) < 4.78 is 27.7. The van der Waals surface area contributed by atoms with Crippen molar-refractivity contribution in [3.05, 3.63) is 76.9 Å². The molecule has 0 aromatic heterocycles. The van der Waals surface area contributed by atoms with Crippen LogP contribution >= 0.6 is 0 Å². The van der Waals surface area contributed by atoms with Crippen LogP contribution in [0, 0.1) is 5.92 Å². The van der Waals surface area contributed by atoms with Gasteiger partial charge in [0.05, 0.1) is 18.9 Å². The molecule has 2 aliphatic heterocycles. The van der Waals surface area contributed by atoms with Gasteiger partial charge < -0.3 is 28.9 Å². The molecule has 0 unspecified atom stereocenters. The first-order chi connectivity index (χ1) is 20.3. The van der Waals surface area contributed by atoms with Gasteiger partial charge in [-0.1, -0.05) is 30.2 Å². The quantitative estimate of drug-likeness (QED) is 0.161. The highest BCUT2D eigenvalue weighted by Crippen LogP contribution is 2.60. The molecule has 4 rings (SSSR count). The zero-order chi connectivity index (χ0) is 31.5. The number of hydrogen-bond donors (Lipinski definition) is 2. The summed E-state index contributed by atoms with van der Waals surface area (Å²) >= 11 is 0. The van der Waals surface area contributed by atoms with E-state index in [1.807, 2.05) is 13.0 Å². The fourth-order valence-corrected chi connectivity index (χ4v) is 9.13. The molecule has 1 saturated heterocycles. The molecule has 0 radical (unpaired) electrons. The van der Waals surface area contributed by atoms with Crippen molar-refractivity contribution in [2.45, 2.75) is 77.3 Å². The summed E-state index contributed by atoms with van der Waals surface area (Å²) in [6.45, 7) is 11.6. The number of ether oxygens (including phenoxy) is 2. The van der Waals surface area contributed by atoms with Crippen molar-refractivity contribution in [2.75, 3.05) is 30.5 Å². The van der Waals surface area contributed by atoms with Crippen molar-refractivity contribution in [2.24, 2.45) is 5.92 Å². The Labute approximate surface area is 256 Å². The number of carbonyl (C=O) groups is 2. The topological polar surface area (TPSA) is 88.1 Å². The van der Waals surface area contributed by atoms with Crippen LogP contribution in [0.25, 0.3) is 0 Å². The largest absolute Gasteiger partial charge is 0.497 e. The third-order valence-electron chi connectivity index (χ3n) is 8.70. The van der Waals surface area contributed by atoms with Crippen LogP contribution in [0.5, 0.6) is 5.75 Å². The van der Waals surface area contributed by atoms with E-state index in [1.54, 1.807) is 61.5 Å². The molecule has 1 spiro atoms. The summed E-state index contributed by atoms with van der Waals surface area (Å²) in [7, 11) is -1.75. The molecule has 232 valence electrons. The van der Waals surface area contributed by atoms with Gasteiger partial charge in [-0.05, 0) is 95.6 Å². The monoisotopic (exact) mass is 608 g/mol. The average Bonchev–Trinajstić information content (AvgIpc) is 3.37. The molecule has 0 bridgehead atoms. The van der Waals surface area contributed by atoms with Crippen LogP contribution in [0.2, 0.25) is 18.6 Å². The zero-order valence-corrected chi connectivity index (χ0v) is 27.4. The van der Waals surface area contributed by atoms with Gasteiger partial charge in [0.25, 0.3) is 11.8 Å². The van der Waals surface area contributed by atoms with Crippen LogP contribution in [-0.2, 0) is 15.1 Å². The Morgan fingerprint density at radius 2 is 1.86 bits per heavy atom. The predicted molar refractivity (Wildman–Crippen MR) is 172 cm³/mol. The molecule has 7 nitrogen and oxygen atoms in total. The highest BCUT2D eigenvalue weighted by molar-refractivity contribution is 6.72. The van der Waals surface area contributed by atoms with Gasteiger partial charge >= 0.3 is 0 Å². The van der Waals surface area contributed by atoms with E-state index in [0.29, 0.717) is 34.8 Å². The molecule has 2 heterocycles. The van der Waals surface area contributed by atoms with Gasteiger partial charge in [-0.3, -0.25) is 9.59 Å². The van der Waals surface area contributed by atoms with Crippen molar-refractivity contribution in [1.82, 2.24) is 0 Å². The van der Waals surface area contributed by atoms with E-state index in [0.717, 1.165) is 12.8 Å². The Hall–Kier alpha value is -3.27. The molecular weight excluding hydrogens is 563 g/mol. The lowest BCUT2D eigenvalue weighted by atomic mass is 9.82. The molecule has 4 atom stereocenters. The number of hydrogen-bond acceptors (Lipinski definition) is 5. The second kappa shape index (κ2) is 13.2. The van der Waals surface area contributed by atoms with E-state index in [-0.39, 0.29) is 24.8 Å². The van der Waals surface area contributed by atoms with Crippen LogP contribution in [0.1, 0.15) is 62.9 Å². The van der Waals surface area contributed by atoms with Gasteiger partial charge in [0.1, 0.15) is 5.75 Å². The molecule has 1 fully saturated rings. The van der Waals surface area contributed by atoms with Gasteiger partial charge in [0.2, 0.25) is 8.41 Å². The third-order valence-corrected chi connectivity index (χ3v) is 11.2. The highest BCUT2D eigenvalue weighted by atomic mass is 28.4. The Bertz CT molecular complexity index is 1400. The predicted octanol–water partition coefficient (Wildman–Crippen LogP) is 7.14. The molecular formula is C34H45FN2O5Si. The first-order valence-corrected chi connectivity index (χ1v) is 18.0. The maximum Gasteiger partial charge on any atom is 0.264 e. The average molecular weight is 609 g/mol. The van der Waals surface area contributed by atoms with Crippen LogP contribution < -0.4 is 15.0 Å². The first kappa shape index (κ1) is 32.6. The SMILES string of the molecule is COc1ccc(C(=O)Nc2ccc3c(c2)[C@@]2(O[C@H](CCO)[C@@H]([Si](C)(C)F)[C@@H]2C)C(=O)N3C/C=C(\C)CCC=C(C)C)cc1. The van der Waals surface area contributed by atoms with Gasteiger partial charge in [-0.15, -0.1) is 0 Å². The smallest absolute Gasteiger partial charge is 0.264 e. The molecule has 0 saturated carbocycles. The zero-order valence-electron chi connectivity index (χ0n) is 26.4. The Kier molecular flexibility index (Phi) is 9.99. The summed E-state index contributed by atoms with van der Waals surface area (Å²) in [6, 6.07) is 12.2. The number of allylic oxidation sites excluding steroid dienone is 3. The normalized spacial score (nSPS) is 23.5. The summed E-state index contributed by atoms with van der Waals surface area (Å²) in [5, 5.41) is 12.8. The summed E-state index contributed by atoms with van der Waals surface area (Å²) in [6.07, 6.45) is 5.73. The van der Waals surface area contributed by atoms with Crippen molar-refractivity contribution in [1.29, 1.82) is 0 Å². The summed E-state index contributed by atoms with van der Waals surface area (Å²) in [5.74, 6) is -0.357. The number of carbonyl (C=O) groups excluding carboxylic acids is 2. The molecule has 43 heavy (non-hydrogen) atoms. The molecule has 2 aromatic rings. The van der Waals surface area contributed by atoms with Crippen LogP contribution in [-0.4, -0.2) is 51.7 Å². The second-order valence-electron chi connectivity index (χ2n) is 12.5. The van der Waals surface area contributed by atoms with Crippen molar-refractivity contribution >= 4 is 31.6 Å². The fraction of sp³-hybridized carbons (Fsp3) is 0.471. The maximum atomic E-state index is 15.8. The minimum Gasteiger partial charge on any atom is -0.497 e. The Balaban J connectivity index is 1.73. The van der Waals surface area contributed by atoms with E-state index in [4.69, 9.17) is 9.47 Å². The number of fused-ring (bicyclic) bond motifs is 2. The molecule has 2 amide bonds. The van der Waals surface area contributed by atoms with Gasteiger partial charge in [0.15, 0.2) is 5.60 Å². The number of nitrogens with one attached hydrogen (secondary N) is 1. The number of amides is 2. The number of halogens is 1. The van der Waals surface area contributed by atoms with E-state index < -0.39 is 31.6 Å². The van der Waals surface area contributed by atoms with Crippen LogP contribution in [0.4, 0.5) is 15.5 Å². The summed E-state index contributed by atoms with van der Waals surface area (Å²) in [5.41, 5.74) is 2.82.